The predicted octanol–water partition coefficient (Wildman–Crippen LogP) is 3.77. The van der Waals surface area contributed by atoms with Crippen LogP contribution in [0.4, 0.5) is 24.5 Å². The van der Waals surface area contributed by atoms with Crippen LogP contribution in [-0.4, -0.2) is 23.3 Å². The Morgan fingerprint density at radius 2 is 1.94 bits per heavy atom. The van der Waals surface area contributed by atoms with E-state index >= 15 is 0 Å². The maximum absolute atomic E-state index is 13.0. The molecule has 0 bridgehead atoms. The summed E-state index contributed by atoms with van der Waals surface area (Å²) >= 11 is 0. The number of anilines is 2. The largest absolute Gasteiger partial charge is 0.416 e. The molecule has 0 radical (unpaired) electrons. The van der Waals surface area contributed by atoms with Gasteiger partial charge in [0, 0.05) is 29.6 Å². The second-order valence-electron chi connectivity index (χ2n) is 7.58. The molecule has 1 aliphatic heterocycles. The Morgan fingerprint density at radius 3 is 2.66 bits per heavy atom. The number of nitrogens with two attached hydrogens (primary N) is 2. The van der Waals surface area contributed by atoms with E-state index in [1.165, 1.54) is 18.3 Å². The van der Waals surface area contributed by atoms with Crippen LogP contribution in [0.25, 0.3) is 11.1 Å². The van der Waals surface area contributed by atoms with Crippen LogP contribution in [0.3, 0.4) is 0 Å². The van der Waals surface area contributed by atoms with Crippen molar-refractivity contribution in [2.75, 3.05) is 17.2 Å². The molecule has 1 aliphatic rings. The predicted molar refractivity (Wildman–Crippen MR) is 116 cm³/mol. The fraction of sp³-hybridized carbons (Fsp3) is 0.174. The first kappa shape index (κ1) is 21.4. The summed E-state index contributed by atoms with van der Waals surface area (Å²) in [5.74, 6) is -0.441. The SMILES string of the molecule is N=C(N)c1c(N)cncc1-c1ccc2c(c1)CCN2C(=O)Cc1cccc(C(F)(F)F)c1. The van der Waals surface area contributed by atoms with E-state index in [2.05, 4.69) is 4.98 Å². The number of aromatic nitrogens is 1. The lowest BCUT2D eigenvalue weighted by Crippen LogP contribution is -2.30. The number of amides is 1. The summed E-state index contributed by atoms with van der Waals surface area (Å²) in [5, 5.41) is 7.81. The molecule has 0 aliphatic carbocycles. The van der Waals surface area contributed by atoms with E-state index < -0.39 is 11.7 Å². The minimum Gasteiger partial charge on any atom is -0.397 e. The molecule has 0 saturated heterocycles. The van der Waals surface area contributed by atoms with Crippen LogP contribution in [-0.2, 0) is 23.8 Å². The van der Waals surface area contributed by atoms with Gasteiger partial charge in [0.1, 0.15) is 5.84 Å². The zero-order valence-electron chi connectivity index (χ0n) is 16.9. The molecule has 1 amide bonds. The van der Waals surface area contributed by atoms with Crippen LogP contribution in [0.5, 0.6) is 0 Å². The van der Waals surface area contributed by atoms with Gasteiger partial charge in [-0.25, -0.2) is 0 Å². The molecule has 1 aromatic heterocycles. The highest BCUT2D eigenvalue weighted by Crippen LogP contribution is 2.35. The van der Waals surface area contributed by atoms with Crippen molar-refractivity contribution in [2.45, 2.75) is 19.0 Å². The molecule has 9 heteroatoms. The second-order valence-corrected chi connectivity index (χ2v) is 7.58. The number of hydrogen-bond acceptors (Lipinski definition) is 4. The molecule has 0 saturated carbocycles. The number of halogens is 3. The molecule has 0 unspecified atom stereocenters. The number of rotatable bonds is 4. The van der Waals surface area contributed by atoms with Gasteiger partial charge in [-0.1, -0.05) is 24.3 Å². The highest BCUT2D eigenvalue weighted by atomic mass is 19.4. The average Bonchev–Trinajstić information content (AvgIpc) is 3.16. The first-order valence-electron chi connectivity index (χ1n) is 9.83. The van der Waals surface area contributed by atoms with Gasteiger partial charge >= 0.3 is 6.18 Å². The summed E-state index contributed by atoms with van der Waals surface area (Å²) in [7, 11) is 0. The van der Waals surface area contributed by atoms with Gasteiger partial charge in [0.05, 0.1) is 23.9 Å². The molecule has 2 heterocycles. The number of amidine groups is 1. The Labute approximate surface area is 182 Å². The molecule has 0 atom stereocenters. The van der Waals surface area contributed by atoms with Crippen molar-refractivity contribution < 1.29 is 18.0 Å². The standard InChI is InChI=1S/C23H20F3N5O/c24-23(25,26)16-3-1-2-13(8-16)9-20(32)31-7-6-15-10-14(4-5-19(15)31)17-11-30-12-18(27)21(17)22(28)29/h1-5,8,10-12H,6-7,9,27H2,(H3,28,29). The van der Waals surface area contributed by atoms with Crippen LogP contribution in [0, 0.1) is 5.41 Å². The minimum absolute atomic E-state index is 0.126. The van der Waals surface area contributed by atoms with E-state index in [0.717, 1.165) is 23.3 Å². The monoisotopic (exact) mass is 439 g/mol. The molecule has 0 spiro atoms. The third-order valence-corrected chi connectivity index (χ3v) is 5.44. The van der Waals surface area contributed by atoms with Crippen LogP contribution in [0.1, 0.15) is 22.3 Å². The van der Waals surface area contributed by atoms with E-state index in [1.54, 1.807) is 23.2 Å². The molecule has 2 aromatic carbocycles. The van der Waals surface area contributed by atoms with Crippen LogP contribution >= 0.6 is 0 Å². The summed E-state index contributed by atoms with van der Waals surface area (Å²) in [6, 6.07) is 10.3. The van der Waals surface area contributed by atoms with E-state index in [0.29, 0.717) is 41.0 Å². The highest BCUT2D eigenvalue weighted by molar-refractivity contribution is 6.06. The summed E-state index contributed by atoms with van der Waals surface area (Å²) in [6.45, 7) is 0.436. The average molecular weight is 439 g/mol. The van der Waals surface area contributed by atoms with E-state index in [9.17, 15) is 18.0 Å². The zero-order valence-corrected chi connectivity index (χ0v) is 16.9. The Balaban J connectivity index is 1.59. The van der Waals surface area contributed by atoms with Crippen LogP contribution in [0.2, 0.25) is 0 Å². The lowest BCUT2D eigenvalue weighted by atomic mass is 9.97. The van der Waals surface area contributed by atoms with Gasteiger partial charge in [0.25, 0.3) is 0 Å². The number of alkyl halides is 3. The minimum atomic E-state index is -4.45. The molecule has 5 N–H and O–H groups in total. The lowest BCUT2D eigenvalue weighted by molar-refractivity contribution is -0.137. The van der Waals surface area contributed by atoms with Crippen molar-refractivity contribution in [3.63, 3.8) is 0 Å². The van der Waals surface area contributed by atoms with Crippen LogP contribution in [0.15, 0.2) is 54.9 Å². The van der Waals surface area contributed by atoms with Crippen molar-refractivity contribution in [1.29, 1.82) is 5.41 Å². The third-order valence-electron chi connectivity index (χ3n) is 5.44. The molecular weight excluding hydrogens is 419 g/mol. The summed E-state index contributed by atoms with van der Waals surface area (Å²) in [6.07, 6.45) is -0.965. The van der Waals surface area contributed by atoms with Crippen molar-refractivity contribution in [2.24, 2.45) is 5.73 Å². The van der Waals surface area contributed by atoms with Gasteiger partial charge in [0.15, 0.2) is 0 Å². The molecular formula is C23H20F3N5O. The van der Waals surface area contributed by atoms with Crippen LogP contribution < -0.4 is 16.4 Å². The number of carbonyl (C=O) groups is 1. The maximum Gasteiger partial charge on any atom is 0.416 e. The van der Waals surface area contributed by atoms with Gasteiger partial charge in [-0.05, 0) is 41.3 Å². The third kappa shape index (κ3) is 4.01. The number of pyridine rings is 1. The summed E-state index contributed by atoms with van der Waals surface area (Å²) < 4.78 is 38.9. The highest BCUT2D eigenvalue weighted by Gasteiger charge is 2.31. The fourth-order valence-corrected chi connectivity index (χ4v) is 3.95. The van der Waals surface area contributed by atoms with E-state index in [4.69, 9.17) is 16.9 Å². The van der Waals surface area contributed by atoms with Crippen molar-refractivity contribution >= 4 is 23.1 Å². The van der Waals surface area contributed by atoms with E-state index in [-0.39, 0.29) is 18.2 Å². The Morgan fingerprint density at radius 1 is 1.16 bits per heavy atom. The number of carbonyl (C=O) groups excluding carboxylic acids is 1. The van der Waals surface area contributed by atoms with Gasteiger partial charge in [-0.15, -0.1) is 0 Å². The Bertz CT molecular complexity index is 1220. The number of benzene rings is 2. The normalized spacial score (nSPS) is 13.2. The Hall–Kier alpha value is -3.88. The quantitative estimate of drug-likeness (QED) is 0.425. The molecule has 4 rings (SSSR count). The van der Waals surface area contributed by atoms with Gasteiger partial charge < -0.3 is 16.4 Å². The summed E-state index contributed by atoms with van der Waals surface area (Å²) in [4.78, 5) is 18.5. The smallest absolute Gasteiger partial charge is 0.397 e. The molecule has 3 aromatic rings. The second kappa shape index (κ2) is 7.99. The van der Waals surface area contributed by atoms with Crippen molar-refractivity contribution in [3.05, 3.63) is 77.1 Å². The number of fused-ring (bicyclic) bond motifs is 1. The number of nitrogen functional groups attached to an aromatic ring is 2. The zero-order chi connectivity index (χ0) is 23.0. The molecule has 32 heavy (non-hydrogen) atoms. The van der Waals surface area contributed by atoms with Gasteiger partial charge in [-0.3, -0.25) is 15.2 Å². The summed E-state index contributed by atoms with van der Waals surface area (Å²) in [5.41, 5.74) is 14.9. The first-order valence-corrected chi connectivity index (χ1v) is 9.83. The fourth-order valence-electron chi connectivity index (χ4n) is 3.95. The number of nitrogens with zero attached hydrogens (tertiary/aromatic N) is 2. The Kier molecular flexibility index (Phi) is 5.33. The van der Waals surface area contributed by atoms with Gasteiger partial charge in [0.2, 0.25) is 5.91 Å². The number of hydrogen-bond donors (Lipinski definition) is 3. The van der Waals surface area contributed by atoms with Crippen molar-refractivity contribution in [3.8, 4) is 11.1 Å². The van der Waals surface area contributed by atoms with E-state index in [1.807, 2.05) is 6.07 Å². The molecule has 6 nitrogen and oxygen atoms in total. The first-order chi connectivity index (χ1) is 15.1. The van der Waals surface area contributed by atoms with Crippen molar-refractivity contribution in [1.82, 2.24) is 4.98 Å². The maximum atomic E-state index is 13.0. The topological polar surface area (TPSA) is 109 Å². The number of nitrogens with one attached hydrogen (secondary N) is 1. The van der Waals surface area contributed by atoms with Gasteiger partial charge in [-0.2, -0.15) is 13.2 Å². The molecule has 0 fully saturated rings. The lowest BCUT2D eigenvalue weighted by Gasteiger charge is -2.18. The molecule has 164 valence electrons.